The summed E-state index contributed by atoms with van der Waals surface area (Å²) in [6.07, 6.45) is -0.428. The minimum atomic E-state index is -1.12. The second kappa shape index (κ2) is 12.9. The van der Waals surface area contributed by atoms with Crippen molar-refractivity contribution in [3.05, 3.63) is 87.4 Å². The molecule has 1 heterocycles. The molecule has 0 bridgehead atoms. The van der Waals surface area contributed by atoms with Crippen LogP contribution in [0.2, 0.25) is 5.02 Å². The molecule has 1 fully saturated rings. The first kappa shape index (κ1) is 28.4. The molecule has 2 atom stereocenters. The third kappa shape index (κ3) is 7.70. The largest absolute Gasteiger partial charge is 0.494 e. The molecule has 11 heteroatoms. The summed E-state index contributed by atoms with van der Waals surface area (Å²) in [6.45, 7) is 0.265. The molecule has 3 amide bonds. The molecule has 3 N–H and O–H groups in total. The molecule has 0 aliphatic carbocycles. The number of para-hydroxylation sites is 1. The fraction of sp³-hybridized carbons (Fsp3) is 0.250. The minimum Gasteiger partial charge on any atom is -0.494 e. The number of carboxylic acid groups (broad SMARTS) is 1. The van der Waals surface area contributed by atoms with Crippen LogP contribution in [-0.2, 0) is 11.2 Å². The first-order chi connectivity index (χ1) is 18.7. The number of hydrogen-bond donors (Lipinski definition) is 3. The number of carbonyl (C=O) groups is 3. The van der Waals surface area contributed by atoms with Gasteiger partial charge in [0, 0.05) is 23.4 Å². The van der Waals surface area contributed by atoms with Gasteiger partial charge in [0.2, 0.25) is 5.91 Å². The van der Waals surface area contributed by atoms with E-state index in [1.807, 2.05) is 6.07 Å². The van der Waals surface area contributed by atoms with Gasteiger partial charge in [0.25, 0.3) is 0 Å². The number of ether oxygens (including phenoxy) is 1. The number of carboxylic acids is 1. The molecule has 39 heavy (non-hydrogen) atoms. The molecular formula is C28H26BrClFN3O5. The number of hydrogen-bond acceptors (Lipinski definition) is 4. The quantitative estimate of drug-likeness (QED) is 0.257. The lowest BCUT2D eigenvalue weighted by Gasteiger charge is -2.24. The molecule has 1 aliphatic rings. The van der Waals surface area contributed by atoms with E-state index in [1.54, 1.807) is 48.5 Å². The van der Waals surface area contributed by atoms with Gasteiger partial charge in [-0.15, -0.1) is 0 Å². The SMILES string of the molecule is O=C(Nc1ccc(CC(=O)N2C[C@@H](F)C[C@H]2CCOc2ccc(C(=O)O)cc2)cc1Cl)Nc1ccccc1Br. The molecule has 1 aliphatic heterocycles. The summed E-state index contributed by atoms with van der Waals surface area (Å²) in [5, 5.41) is 14.7. The van der Waals surface area contributed by atoms with Crippen molar-refractivity contribution in [1.29, 1.82) is 0 Å². The maximum absolute atomic E-state index is 14.3. The van der Waals surface area contributed by atoms with E-state index in [1.165, 1.54) is 17.0 Å². The predicted octanol–water partition coefficient (Wildman–Crippen LogP) is 6.40. The second-order valence-electron chi connectivity index (χ2n) is 9.05. The molecule has 0 unspecified atom stereocenters. The summed E-state index contributed by atoms with van der Waals surface area (Å²) in [5.41, 5.74) is 1.77. The Labute approximate surface area is 238 Å². The number of likely N-dealkylation sites (tertiary alicyclic amines) is 1. The number of carbonyl (C=O) groups excluding carboxylic acids is 2. The van der Waals surface area contributed by atoms with Gasteiger partial charge in [-0.1, -0.05) is 29.8 Å². The molecule has 1 saturated heterocycles. The van der Waals surface area contributed by atoms with Crippen LogP contribution in [0, 0.1) is 0 Å². The number of benzene rings is 3. The Morgan fingerprint density at radius 2 is 1.77 bits per heavy atom. The van der Waals surface area contributed by atoms with E-state index in [0.717, 1.165) is 4.47 Å². The zero-order valence-corrected chi connectivity index (χ0v) is 23.0. The van der Waals surface area contributed by atoms with Gasteiger partial charge in [0.15, 0.2) is 0 Å². The van der Waals surface area contributed by atoms with E-state index in [4.69, 9.17) is 21.4 Å². The number of rotatable bonds is 9. The highest BCUT2D eigenvalue weighted by Gasteiger charge is 2.35. The zero-order chi connectivity index (χ0) is 27.9. The van der Waals surface area contributed by atoms with E-state index in [-0.39, 0.29) is 48.5 Å². The topological polar surface area (TPSA) is 108 Å². The van der Waals surface area contributed by atoms with Crippen molar-refractivity contribution in [2.75, 3.05) is 23.8 Å². The van der Waals surface area contributed by atoms with Gasteiger partial charge in [0.1, 0.15) is 11.9 Å². The second-order valence-corrected chi connectivity index (χ2v) is 10.3. The monoisotopic (exact) mass is 617 g/mol. The smallest absolute Gasteiger partial charge is 0.335 e. The van der Waals surface area contributed by atoms with Crippen molar-refractivity contribution >= 4 is 56.8 Å². The lowest BCUT2D eigenvalue weighted by molar-refractivity contribution is -0.131. The van der Waals surface area contributed by atoms with Gasteiger partial charge < -0.3 is 25.4 Å². The maximum Gasteiger partial charge on any atom is 0.335 e. The average molecular weight is 619 g/mol. The maximum atomic E-state index is 14.3. The van der Waals surface area contributed by atoms with E-state index in [2.05, 4.69) is 26.6 Å². The number of nitrogens with one attached hydrogen (secondary N) is 2. The minimum absolute atomic E-state index is 0.0133. The number of halogens is 3. The van der Waals surface area contributed by atoms with Gasteiger partial charge in [-0.25, -0.2) is 14.0 Å². The van der Waals surface area contributed by atoms with E-state index >= 15 is 0 Å². The summed E-state index contributed by atoms with van der Waals surface area (Å²) in [6, 6.07) is 17.3. The van der Waals surface area contributed by atoms with Gasteiger partial charge in [-0.05, 0) is 70.0 Å². The third-order valence-electron chi connectivity index (χ3n) is 6.26. The fourth-order valence-electron chi connectivity index (χ4n) is 4.33. The van der Waals surface area contributed by atoms with Crippen molar-refractivity contribution in [3.63, 3.8) is 0 Å². The van der Waals surface area contributed by atoms with Crippen LogP contribution >= 0.6 is 27.5 Å². The van der Waals surface area contributed by atoms with Crippen LogP contribution in [0.4, 0.5) is 20.6 Å². The van der Waals surface area contributed by atoms with Crippen molar-refractivity contribution in [3.8, 4) is 5.75 Å². The molecular weight excluding hydrogens is 593 g/mol. The summed E-state index contributed by atoms with van der Waals surface area (Å²) >= 11 is 9.74. The van der Waals surface area contributed by atoms with Crippen molar-refractivity contribution < 1.29 is 28.6 Å². The summed E-state index contributed by atoms with van der Waals surface area (Å²) < 4.78 is 20.7. The van der Waals surface area contributed by atoms with Gasteiger partial charge in [-0.3, -0.25) is 4.79 Å². The van der Waals surface area contributed by atoms with Crippen LogP contribution in [0.5, 0.6) is 5.75 Å². The lowest BCUT2D eigenvalue weighted by Crippen LogP contribution is -2.37. The summed E-state index contributed by atoms with van der Waals surface area (Å²) in [7, 11) is 0. The molecule has 0 spiro atoms. The molecule has 3 aromatic carbocycles. The first-order valence-corrected chi connectivity index (χ1v) is 13.4. The highest BCUT2D eigenvalue weighted by molar-refractivity contribution is 9.10. The van der Waals surface area contributed by atoms with Crippen molar-refractivity contribution in [1.82, 2.24) is 4.90 Å². The summed E-state index contributed by atoms with van der Waals surface area (Å²) in [4.78, 5) is 37.9. The van der Waals surface area contributed by atoms with Crippen LogP contribution < -0.4 is 15.4 Å². The van der Waals surface area contributed by atoms with Crippen LogP contribution in [0.25, 0.3) is 0 Å². The van der Waals surface area contributed by atoms with E-state index < -0.39 is 18.2 Å². The van der Waals surface area contributed by atoms with Gasteiger partial charge in [0.05, 0.1) is 41.5 Å². The molecule has 8 nitrogen and oxygen atoms in total. The summed E-state index contributed by atoms with van der Waals surface area (Å²) in [5.74, 6) is -0.750. The van der Waals surface area contributed by atoms with Crippen LogP contribution in [0.1, 0.15) is 28.8 Å². The third-order valence-corrected chi connectivity index (χ3v) is 7.27. The van der Waals surface area contributed by atoms with E-state index in [0.29, 0.717) is 29.1 Å². The molecule has 204 valence electrons. The zero-order valence-electron chi connectivity index (χ0n) is 20.7. The molecule has 4 rings (SSSR count). The Hall–Kier alpha value is -3.63. The van der Waals surface area contributed by atoms with Gasteiger partial charge >= 0.3 is 12.0 Å². The average Bonchev–Trinajstić information content (AvgIpc) is 3.28. The Morgan fingerprint density at radius 3 is 2.46 bits per heavy atom. The number of amides is 3. The Bertz CT molecular complexity index is 1360. The molecule has 0 saturated carbocycles. The number of aromatic carboxylic acids is 1. The van der Waals surface area contributed by atoms with E-state index in [9.17, 15) is 18.8 Å². The highest BCUT2D eigenvalue weighted by Crippen LogP contribution is 2.28. The lowest BCUT2D eigenvalue weighted by atomic mass is 10.1. The van der Waals surface area contributed by atoms with Crippen LogP contribution in [0.15, 0.2) is 71.2 Å². The predicted molar refractivity (Wildman–Crippen MR) is 150 cm³/mol. The van der Waals surface area contributed by atoms with Crippen LogP contribution in [0.3, 0.4) is 0 Å². The number of urea groups is 1. The standard InChI is InChI=1S/C28H26BrClFN3O5/c29-22-3-1-2-4-24(22)32-28(38)33-25-10-5-17(13-23(25)30)14-26(35)34-16-19(31)15-20(34)11-12-39-21-8-6-18(7-9-21)27(36)37/h1-10,13,19-20H,11-12,14-16H2,(H,36,37)(H2,32,33,38)/t19-,20+/m0/s1. The van der Waals surface area contributed by atoms with Crippen LogP contribution in [-0.4, -0.2) is 53.3 Å². The van der Waals surface area contributed by atoms with Crippen molar-refractivity contribution in [2.24, 2.45) is 0 Å². The first-order valence-electron chi connectivity index (χ1n) is 12.2. The molecule has 0 radical (unpaired) electrons. The van der Waals surface area contributed by atoms with Gasteiger partial charge in [-0.2, -0.15) is 0 Å². The number of alkyl halides is 1. The normalized spacial score (nSPS) is 16.5. The van der Waals surface area contributed by atoms with Crippen molar-refractivity contribution in [2.45, 2.75) is 31.5 Å². The Balaban J connectivity index is 1.30. The fourth-order valence-corrected chi connectivity index (χ4v) is 4.96. The highest BCUT2D eigenvalue weighted by atomic mass is 79.9. The Kier molecular flexibility index (Phi) is 9.42. The number of nitrogens with zero attached hydrogens (tertiary/aromatic N) is 1. The number of anilines is 2. The molecule has 0 aromatic heterocycles. The Morgan fingerprint density at radius 1 is 1.05 bits per heavy atom. The molecule has 3 aromatic rings.